The van der Waals surface area contributed by atoms with Gasteiger partial charge in [-0.3, -0.25) is 14.9 Å². The lowest BCUT2D eigenvalue weighted by atomic mass is 9.94. The van der Waals surface area contributed by atoms with E-state index in [9.17, 15) is 28.1 Å². The Hall–Kier alpha value is -3.04. The number of furan rings is 1. The molecule has 29 heavy (non-hydrogen) atoms. The summed E-state index contributed by atoms with van der Waals surface area (Å²) in [7, 11) is 1.68. The van der Waals surface area contributed by atoms with Crippen molar-refractivity contribution in [3.8, 4) is 0 Å². The van der Waals surface area contributed by atoms with Gasteiger partial charge in [0.2, 0.25) is 5.91 Å². The molecule has 1 amide bonds. The molecule has 0 bridgehead atoms. The fourth-order valence-corrected chi connectivity index (χ4v) is 3.51. The summed E-state index contributed by atoms with van der Waals surface area (Å²) >= 11 is 0. The van der Waals surface area contributed by atoms with Gasteiger partial charge < -0.3 is 14.2 Å². The Kier molecular flexibility index (Phi) is 5.81. The molecule has 0 spiro atoms. The van der Waals surface area contributed by atoms with Gasteiger partial charge in [0.1, 0.15) is 11.4 Å². The molecule has 2 aromatic rings. The standard InChI is InChI=1S/C19H20F3N3O4/c1-23(12-15-3-2-10-29-15)18(26)13-6-8-24(9-7-13)16-5-4-14(19(20,21)22)11-17(16)25(27)28/h2-5,10-11,13H,6-9,12H2,1H3. The van der Waals surface area contributed by atoms with E-state index in [0.717, 1.165) is 12.1 Å². The van der Waals surface area contributed by atoms with Crippen molar-refractivity contribution in [1.29, 1.82) is 0 Å². The number of benzene rings is 1. The van der Waals surface area contributed by atoms with Gasteiger partial charge in [0.25, 0.3) is 5.69 Å². The minimum atomic E-state index is -4.65. The summed E-state index contributed by atoms with van der Waals surface area (Å²) in [5.74, 6) is 0.362. The van der Waals surface area contributed by atoms with Crippen LogP contribution in [0.2, 0.25) is 0 Å². The molecule has 0 saturated carbocycles. The molecule has 0 atom stereocenters. The summed E-state index contributed by atoms with van der Waals surface area (Å²) < 4.78 is 43.9. The average Bonchev–Trinajstić information content (AvgIpc) is 3.19. The van der Waals surface area contributed by atoms with Crippen LogP contribution in [0, 0.1) is 16.0 Å². The first-order chi connectivity index (χ1) is 13.7. The van der Waals surface area contributed by atoms with Crippen LogP contribution in [0.25, 0.3) is 0 Å². The van der Waals surface area contributed by atoms with E-state index in [1.807, 2.05) is 0 Å². The van der Waals surface area contributed by atoms with Crippen molar-refractivity contribution in [2.24, 2.45) is 5.92 Å². The second kappa shape index (κ2) is 8.14. The molecule has 1 aromatic carbocycles. The third-order valence-corrected chi connectivity index (χ3v) is 5.03. The number of hydrogen-bond acceptors (Lipinski definition) is 5. The highest BCUT2D eigenvalue weighted by atomic mass is 19.4. The maximum Gasteiger partial charge on any atom is 0.416 e. The quantitative estimate of drug-likeness (QED) is 0.547. The number of amides is 1. The number of halogens is 3. The predicted molar refractivity (Wildman–Crippen MR) is 98.2 cm³/mol. The molecule has 1 aliphatic rings. The lowest BCUT2D eigenvalue weighted by Crippen LogP contribution is -2.41. The van der Waals surface area contributed by atoms with Crippen molar-refractivity contribution in [3.05, 3.63) is 58.0 Å². The van der Waals surface area contributed by atoms with Crippen molar-refractivity contribution >= 4 is 17.3 Å². The minimum absolute atomic E-state index is 0.0528. The van der Waals surface area contributed by atoms with Crippen LogP contribution in [0.4, 0.5) is 24.5 Å². The van der Waals surface area contributed by atoms with Crippen molar-refractivity contribution in [3.63, 3.8) is 0 Å². The Balaban J connectivity index is 1.67. The van der Waals surface area contributed by atoms with Gasteiger partial charge in [0.15, 0.2) is 0 Å². The molecule has 2 heterocycles. The number of hydrogen-bond donors (Lipinski definition) is 0. The lowest BCUT2D eigenvalue weighted by molar-refractivity contribution is -0.384. The topological polar surface area (TPSA) is 79.8 Å². The summed E-state index contributed by atoms with van der Waals surface area (Å²) in [6.07, 6.45) is -2.20. The zero-order valence-corrected chi connectivity index (χ0v) is 15.7. The highest BCUT2D eigenvalue weighted by Gasteiger charge is 2.35. The normalized spacial score (nSPS) is 15.4. The third-order valence-electron chi connectivity index (χ3n) is 5.03. The van der Waals surface area contributed by atoms with Crippen LogP contribution in [0.1, 0.15) is 24.2 Å². The molecule has 156 valence electrons. The van der Waals surface area contributed by atoms with E-state index in [4.69, 9.17) is 4.42 Å². The molecule has 1 aromatic heterocycles. The van der Waals surface area contributed by atoms with Crippen LogP contribution in [0.15, 0.2) is 41.0 Å². The van der Waals surface area contributed by atoms with Crippen LogP contribution in [0.3, 0.4) is 0 Å². The van der Waals surface area contributed by atoms with E-state index in [-0.39, 0.29) is 17.5 Å². The summed E-state index contributed by atoms with van der Waals surface area (Å²) in [6, 6.07) is 6.05. The molecule has 0 N–H and O–H groups in total. The molecule has 1 fully saturated rings. The van der Waals surface area contributed by atoms with E-state index in [2.05, 4.69) is 0 Å². The highest BCUT2D eigenvalue weighted by Crippen LogP contribution is 2.37. The van der Waals surface area contributed by atoms with Crippen LogP contribution in [-0.2, 0) is 17.5 Å². The Morgan fingerprint density at radius 3 is 2.55 bits per heavy atom. The third kappa shape index (κ3) is 4.69. The van der Waals surface area contributed by atoms with E-state index in [1.54, 1.807) is 29.0 Å². The number of anilines is 1. The number of nitro groups is 1. The number of carbonyl (C=O) groups excluding carboxylic acids is 1. The first kappa shape index (κ1) is 20.7. The van der Waals surface area contributed by atoms with Crippen LogP contribution in [-0.4, -0.2) is 35.9 Å². The highest BCUT2D eigenvalue weighted by molar-refractivity contribution is 5.79. The Bertz CT molecular complexity index is 875. The monoisotopic (exact) mass is 411 g/mol. The second-order valence-corrected chi connectivity index (χ2v) is 6.99. The van der Waals surface area contributed by atoms with Gasteiger partial charge in [-0.05, 0) is 37.1 Å². The second-order valence-electron chi connectivity index (χ2n) is 6.99. The van der Waals surface area contributed by atoms with Crippen molar-refractivity contribution in [1.82, 2.24) is 4.90 Å². The van der Waals surface area contributed by atoms with E-state index >= 15 is 0 Å². The van der Waals surface area contributed by atoms with Crippen LogP contribution >= 0.6 is 0 Å². The Morgan fingerprint density at radius 2 is 2.00 bits per heavy atom. The first-order valence-electron chi connectivity index (χ1n) is 9.04. The van der Waals surface area contributed by atoms with E-state index in [1.165, 1.54) is 6.26 Å². The van der Waals surface area contributed by atoms with Crippen LogP contribution < -0.4 is 4.90 Å². The Morgan fingerprint density at radius 1 is 1.31 bits per heavy atom. The molecule has 1 aliphatic heterocycles. The average molecular weight is 411 g/mol. The number of alkyl halides is 3. The summed E-state index contributed by atoms with van der Waals surface area (Å²) in [6.45, 7) is 1.03. The molecule has 10 heteroatoms. The van der Waals surface area contributed by atoms with Crippen molar-refractivity contribution < 1.29 is 27.3 Å². The molecular formula is C19H20F3N3O4. The lowest BCUT2D eigenvalue weighted by Gasteiger charge is -2.34. The molecule has 0 radical (unpaired) electrons. The summed E-state index contributed by atoms with van der Waals surface area (Å²) in [5.41, 5.74) is -1.50. The van der Waals surface area contributed by atoms with Gasteiger partial charge in [-0.15, -0.1) is 0 Å². The minimum Gasteiger partial charge on any atom is -0.467 e. The largest absolute Gasteiger partial charge is 0.467 e. The Labute approximate surface area is 164 Å². The van der Waals surface area contributed by atoms with E-state index in [0.29, 0.717) is 44.3 Å². The molecule has 0 aliphatic carbocycles. The fourth-order valence-electron chi connectivity index (χ4n) is 3.51. The number of nitro benzene ring substituents is 1. The summed E-state index contributed by atoms with van der Waals surface area (Å²) in [4.78, 5) is 26.4. The molecule has 1 saturated heterocycles. The van der Waals surface area contributed by atoms with Gasteiger partial charge in [0.05, 0.1) is 23.3 Å². The SMILES string of the molecule is CN(Cc1ccco1)C(=O)C1CCN(c2ccc(C(F)(F)F)cc2[N+](=O)[O-])CC1. The molecule has 7 nitrogen and oxygen atoms in total. The van der Waals surface area contributed by atoms with Crippen molar-refractivity contribution in [2.75, 3.05) is 25.0 Å². The first-order valence-corrected chi connectivity index (χ1v) is 9.04. The maximum absolute atomic E-state index is 12.9. The van der Waals surface area contributed by atoms with Gasteiger partial charge in [-0.25, -0.2) is 0 Å². The van der Waals surface area contributed by atoms with Crippen LogP contribution in [0.5, 0.6) is 0 Å². The number of carbonyl (C=O) groups is 1. The number of piperidine rings is 1. The maximum atomic E-state index is 12.9. The van der Waals surface area contributed by atoms with Gasteiger partial charge in [-0.2, -0.15) is 13.2 Å². The van der Waals surface area contributed by atoms with E-state index < -0.39 is 22.4 Å². The van der Waals surface area contributed by atoms with Gasteiger partial charge >= 0.3 is 6.18 Å². The predicted octanol–water partition coefficient (Wildman–Crippen LogP) is 4.08. The zero-order chi connectivity index (χ0) is 21.2. The van der Waals surface area contributed by atoms with Crippen molar-refractivity contribution in [2.45, 2.75) is 25.6 Å². The molecule has 3 rings (SSSR count). The summed E-state index contributed by atoms with van der Waals surface area (Å²) in [5, 5.41) is 11.3. The molecular weight excluding hydrogens is 391 g/mol. The molecule has 0 unspecified atom stereocenters. The van der Waals surface area contributed by atoms with Gasteiger partial charge in [-0.1, -0.05) is 0 Å². The fraction of sp³-hybridized carbons (Fsp3) is 0.421. The smallest absolute Gasteiger partial charge is 0.416 e. The zero-order valence-electron chi connectivity index (χ0n) is 15.7. The number of nitrogens with zero attached hydrogens (tertiary/aromatic N) is 3. The van der Waals surface area contributed by atoms with Gasteiger partial charge in [0, 0.05) is 32.1 Å². The number of rotatable bonds is 5.